The number of benzene rings is 1. The molecule has 1 aliphatic heterocycles. The molecule has 6 heteroatoms. The monoisotopic (exact) mass is 309 g/mol. The number of amides is 1. The number of aryl methyl sites for hydroxylation is 1. The molecule has 5 nitrogen and oxygen atoms in total. The van der Waals surface area contributed by atoms with Crippen molar-refractivity contribution in [2.24, 2.45) is 5.92 Å². The zero-order chi connectivity index (χ0) is 16.1. The van der Waals surface area contributed by atoms with Gasteiger partial charge in [0.1, 0.15) is 5.82 Å². The second kappa shape index (κ2) is 7.35. The Kier molecular flexibility index (Phi) is 5.49. The molecule has 1 fully saturated rings. The first-order valence-corrected chi connectivity index (χ1v) is 7.33. The maximum Gasteiger partial charge on any atom is 0.330 e. The zero-order valence-corrected chi connectivity index (χ0v) is 12.5. The van der Waals surface area contributed by atoms with Gasteiger partial charge in [0.05, 0.1) is 0 Å². The molecule has 1 aromatic rings. The van der Waals surface area contributed by atoms with Crippen molar-refractivity contribution in [3.05, 3.63) is 35.1 Å². The molecule has 120 valence electrons. The second-order valence-corrected chi connectivity index (χ2v) is 5.62. The molecule has 1 amide bonds. The van der Waals surface area contributed by atoms with E-state index in [2.05, 4.69) is 5.32 Å². The lowest BCUT2D eigenvalue weighted by molar-refractivity contribution is -0.142. The Bertz CT molecular complexity index is 555. The normalized spacial score (nSPS) is 18.9. The summed E-state index contributed by atoms with van der Waals surface area (Å²) >= 11 is 0. The van der Waals surface area contributed by atoms with Gasteiger partial charge in [-0.2, -0.15) is 0 Å². The van der Waals surface area contributed by atoms with Crippen LogP contribution in [0.25, 0.3) is 0 Å². The third-order valence-corrected chi connectivity index (χ3v) is 3.87. The quantitative estimate of drug-likeness (QED) is 0.844. The van der Waals surface area contributed by atoms with E-state index in [1.54, 1.807) is 6.92 Å². The van der Waals surface area contributed by atoms with Crippen LogP contribution in [0.2, 0.25) is 0 Å². The van der Waals surface area contributed by atoms with Gasteiger partial charge in [0.15, 0.2) is 6.04 Å². The molecule has 2 N–H and O–H groups in total. The van der Waals surface area contributed by atoms with Crippen LogP contribution in [-0.4, -0.2) is 30.2 Å². The van der Waals surface area contributed by atoms with Crippen LogP contribution < -0.4 is 5.32 Å². The fraction of sp³-hybridized carbons (Fsp3) is 0.500. The van der Waals surface area contributed by atoms with Crippen LogP contribution in [0, 0.1) is 18.7 Å². The van der Waals surface area contributed by atoms with Crippen LogP contribution in [0.5, 0.6) is 0 Å². The summed E-state index contributed by atoms with van der Waals surface area (Å²) in [6, 6.07) is 2.88. The number of hydrogen-bond acceptors (Lipinski definition) is 3. The predicted molar refractivity (Wildman–Crippen MR) is 77.8 cm³/mol. The van der Waals surface area contributed by atoms with E-state index in [1.807, 2.05) is 0 Å². The highest BCUT2D eigenvalue weighted by Gasteiger charge is 2.23. The molecule has 2 unspecified atom stereocenters. The number of rotatable bonds is 6. The highest BCUT2D eigenvalue weighted by Crippen LogP contribution is 2.20. The summed E-state index contributed by atoms with van der Waals surface area (Å²) in [6.07, 6.45) is 1.88. The van der Waals surface area contributed by atoms with Gasteiger partial charge in [0, 0.05) is 19.6 Å². The van der Waals surface area contributed by atoms with Crippen LogP contribution in [0.1, 0.15) is 36.4 Å². The van der Waals surface area contributed by atoms with Gasteiger partial charge in [0.2, 0.25) is 5.91 Å². The predicted octanol–water partition coefficient (Wildman–Crippen LogP) is 2.19. The van der Waals surface area contributed by atoms with E-state index in [-0.39, 0.29) is 12.3 Å². The summed E-state index contributed by atoms with van der Waals surface area (Å²) in [5.41, 5.74) is 0.713. The Balaban J connectivity index is 1.97. The van der Waals surface area contributed by atoms with Crippen molar-refractivity contribution in [3.8, 4) is 0 Å². The molecule has 0 radical (unpaired) electrons. The number of carbonyl (C=O) groups is 2. The summed E-state index contributed by atoms with van der Waals surface area (Å²) in [5, 5.41) is 11.8. The Morgan fingerprint density at radius 3 is 2.86 bits per heavy atom. The molecule has 0 bridgehead atoms. The first-order chi connectivity index (χ1) is 10.5. The molecule has 2 rings (SSSR count). The summed E-state index contributed by atoms with van der Waals surface area (Å²) in [6.45, 7) is 2.94. The number of nitrogens with one attached hydrogen (secondary N) is 1. The summed E-state index contributed by atoms with van der Waals surface area (Å²) in [4.78, 5) is 23.3. The molecule has 2 atom stereocenters. The first-order valence-electron chi connectivity index (χ1n) is 7.33. The zero-order valence-electron chi connectivity index (χ0n) is 12.5. The molecule has 1 aromatic carbocycles. The van der Waals surface area contributed by atoms with Gasteiger partial charge in [-0.3, -0.25) is 4.79 Å². The third-order valence-electron chi connectivity index (χ3n) is 3.87. The standard InChI is InChI=1S/C16H20FNO4/c1-10-8-12(3-4-13(10)17)15(16(20)21)18-14(19)5-2-11-6-7-22-9-11/h3-4,8,11,15H,2,5-7,9H2,1H3,(H,18,19)(H,20,21). The summed E-state index contributed by atoms with van der Waals surface area (Å²) in [5.74, 6) is -1.52. The maximum absolute atomic E-state index is 13.3. The van der Waals surface area contributed by atoms with Crippen molar-refractivity contribution in [1.29, 1.82) is 0 Å². The Morgan fingerprint density at radius 1 is 1.50 bits per heavy atom. The van der Waals surface area contributed by atoms with E-state index in [9.17, 15) is 19.1 Å². The lowest BCUT2D eigenvalue weighted by Crippen LogP contribution is -2.34. The Hall–Kier alpha value is -1.95. The topological polar surface area (TPSA) is 75.6 Å². The number of aliphatic carboxylic acids is 1. The van der Waals surface area contributed by atoms with Crippen molar-refractivity contribution in [1.82, 2.24) is 5.32 Å². The van der Waals surface area contributed by atoms with Gasteiger partial charge in [0.25, 0.3) is 0 Å². The number of ether oxygens (including phenoxy) is 1. The maximum atomic E-state index is 13.3. The lowest BCUT2D eigenvalue weighted by atomic mass is 10.0. The minimum atomic E-state index is -1.16. The van der Waals surface area contributed by atoms with Crippen molar-refractivity contribution in [3.63, 3.8) is 0 Å². The molecule has 1 heterocycles. The number of carbonyl (C=O) groups excluding carboxylic acids is 1. The van der Waals surface area contributed by atoms with Gasteiger partial charge in [-0.25, -0.2) is 9.18 Å². The van der Waals surface area contributed by atoms with Gasteiger partial charge in [-0.1, -0.05) is 12.1 Å². The number of carboxylic acid groups (broad SMARTS) is 1. The Labute approximate surface area is 128 Å². The van der Waals surface area contributed by atoms with Gasteiger partial charge >= 0.3 is 5.97 Å². The van der Waals surface area contributed by atoms with Crippen LogP contribution in [0.4, 0.5) is 4.39 Å². The highest BCUT2D eigenvalue weighted by atomic mass is 19.1. The molecule has 0 aromatic heterocycles. The summed E-state index contributed by atoms with van der Waals surface area (Å²) < 4.78 is 18.5. The molecule has 0 spiro atoms. The smallest absolute Gasteiger partial charge is 0.330 e. The average Bonchev–Trinajstić information content (AvgIpc) is 2.98. The van der Waals surface area contributed by atoms with Gasteiger partial charge in [-0.05, 0) is 42.9 Å². The first kappa shape index (κ1) is 16.4. The molecule has 1 saturated heterocycles. The molecule has 22 heavy (non-hydrogen) atoms. The van der Waals surface area contributed by atoms with E-state index < -0.39 is 17.8 Å². The van der Waals surface area contributed by atoms with Crippen LogP contribution >= 0.6 is 0 Å². The second-order valence-electron chi connectivity index (χ2n) is 5.62. The van der Waals surface area contributed by atoms with E-state index in [0.29, 0.717) is 30.1 Å². The van der Waals surface area contributed by atoms with E-state index >= 15 is 0 Å². The lowest BCUT2D eigenvalue weighted by Gasteiger charge is -2.16. The van der Waals surface area contributed by atoms with Crippen LogP contribution in [0.15, 0.2) is 18.2 Å². The molecular formula is C16H20FNO4. The summed E-state index contributed by atoms with van der Waals surface area (Å²) in [7, 11) is 0. The van der Waals surface area contributed by atoms with Crippen molar-refractivity contribution < 1.29 is 23.8 Å². The third kappa shape index (κ3) is 4.27. The highest BCUT2D eigenvalue weighted by molar-refractivity contribution is 5.84. The van der Waals surface area contributed by atoms with E-state index in [4.69, 9.17) is 4.74 Å². The number of halogens is 1. The minimum Gasteiger partial charge on any atom is -0.479 e. The van der Waals surface area contributed by atoms with Gasteiger partial charge in [-0.15, -0.1) is 0 Å². The molecule has 0 saturated carbocycles. The molecule has 1 aliphatic rings. The minimum absolute atomic E-state index is 0.262. The van der Waals surface area contributed by atoms with Crippen LogP contribution in [-0.2, 0) is 14.3 Å². The molecule has 0 aliphatic carbocycles. The van der Waals surface area contributed by atoms with Crippen molar-refractivity contribution in [2.75, 3.05) is 13.2 Å². The number of carboxylic acids is 1. The molecular weight excluding hydrogens is 289 g/mol. The van der Waals surface area contributed by atoms with E-state index in [1.165, 1.54) is 18.2 Å². The number of hydrogen-bond donors (Lipinski definition) is 2. The SMILES string of the molecule is Cc1cc(C(NC(=O)CCC2CCOC2)C(=O)O)ccc1F. The van der Waals surface area contributed by atoms with Gasteiger partial charge < -0.3 is 15.2 Å². The fourth-order valence-electron chi connectivity index (χ4n) is 2.51. The fourth-order valence-corrected chi connectivity index (χ4v) is 2.51. The van der Waals surface area contributed by atoms with Crippen molar-refractivity contribution in [2.45, 2.75) is 32.2 Å². The Morgan fingerprint density at radius 2 is 2.27 bits per heavy atom. The van der Waals surface area contributed by atoms with Crippen LogP contribution in [0.3, 0.4) is 0 Å². The average molecular weight is 309 g/mol. The van der Waals surface area contributed by atoms with E-state index in [0.717, 1.165) is 13.0 Å². The van der Waals surface area contributed by atoms with Crippen molar-refractivity contribution >= 4 is 11.9 Å². The largest absolute Gasteiger partial charge is 0.479 e.